The summed E-state index contributed by atoms with van der Waals surface area (Å²) in [5.74, 6) is 0. The zero-order chi connectivity index (χ0) is 15.4. The number of hydrogen-bond donors (Lipinski definition) is 1. The second kappa shape index (κ2) is 6.55. The number of hydrogen-bond acceptors (Lipinski definition) is 3. The molecule has 21 heavy (non-hydrogen) atoms. The highest BCUT2D eigenvalue weighted by Crippen LogP contribution is 2.17. The summed E-state index contributed by atoms with van der Waals surface area (Å²) in [7, 11) is 0. The number of nitrogens with zero attached hydrogens (tertiary/aromatic N) is 3. The highest BCUT2D eigenvalue weighted by Gasteiger charge is 2.14. The highest BCUT2D eigenvalue weighted by molar-refractivity contribution is 5.32. The van der Waals surface area contributed by atoms with Crippen molar-refractivity contribution in [1.29, 1.82) is 5.26 Å². The van der Waals surface area contributed by atoms with E-state index in [1.54, 1.807) is 0 Å². The van der Waals surface area contributed by atoms with Crippen molar-refractivity contribution >= 4 is 0 Å². The molecule has 4 heteroatoms. The van der Waals surface area contributed by atoms with E-state index in [2.05, 4.69) is 25.0 Å². The Morgan fingerprint density at radius 3 is 2.52 bits per heavy atom. The quantitative estimate of drug-likeness (QED) is 0.916. The number of benzene rings is 1. The van der Waals surface area contributed by atoms with Gasteiger partial charge in [-0.05, 0) is 49.9 Å². The molecule has 4 nitrogen and oxygen atoms in total. The Morgan fingerprint density at radius 2 is 1.95 bits per heavy atom. The van der Waals surface area contributed by atoms with E-state index in [-0.39, 0.29) is 6.04 Å². The maximum absolute atomic E-state index is 8.83. The molecule has 0 aliphatic heterocycles. The van der Waals surface area contributed by atoms with Gasteiger partial charge in [-0.15, -0.1) is 0 Å². The van der Waals surface area contributed by atoms with Gasteiger partial charge in [-0.3, -0.25) is 4.68 Å². The van der Waals surface area contributed by atoms with Crippen molar-refractivity contribution in [2.45, 2.75) is 46.2 Å². The minimum atomic E-state index is 0.190. The van der Waals surface area contributed by atoms with Gasteiger partial charge in [-0.1, -0.05) is 19.1 Å². The average Bonchev–Trinajstić information content (AvgIpc) is 2.75. The lowest BCUT2D eigenvalue weighted by Gasteiger charge is -2.09. The lowest BCUT2D eigenvalue weighted by Crippen LogP contribution is -2.22. The Hall–Kier alpha value is -2.12. The summed E-state index contributed by atoms with van der Waals surface area (Å²) in [6.45, 7) is 6.97. The van der Waals surface area contributed by atoms with Crippen LogP contribution in [0.2, 0.25) is 0 Å². The Morgan fingerprint density at radius 1 is 1.29 bits per heavy atom. The van der Waals surface area contributed by atoms with Crippen molar-refractivity contribution in [3.05, 3.63) is 52.3 Å². The molecule has 0 saturated carbocycles. The fraction of sp³-hybridized carbons (Fsp3) is 0.412. The number of nitrogens with two attached hydrogens (primary N) is 1. The number of aryl methyl sites for hydroxylation is 1. The Bertz CT molecular complexity index is 647. The van der Waals surface area contributed by atoms with Crippen LogP contribution in [0.1, 0.15) is 41.4 Å². The molecular weight excluding hydrogens is 260 g/mol. The average molecular weight is 282 g/mol. The minimum absolute atomic E-state index is 0.190. The molecular formula is C17H22N4. The molecule has 1 heterocycles. The molecule has 1 unspecified atom stereocenters. The van der Waals surface area contributed by atoms with Gasteiger partial charge < -0.3 is 5.73 Å². The maximum atomic E-state index is 8.83. The van der Waals surface area contributed by atoms with Crippen LogP contribution >= 0.6 is 0 Å². The third-order valence-electron chi connectivity index (χ3n) is 3.94. The summed E-state index contributed by atoms with van der Waals surface area (Å²) in [4.78, 5) is 0. The molecule has 110 valence electrons. The van der Waals surface area contributed by atoms with Gasteiger partial charge in [0, 0.05) is 11.7 Å². The summed E-state index contributed by atoms with van der Waals surface area (Å²) >= 11 is 0. The number of rotatable bonds is 5. The Kier molecular flexibility index (Phi) is 4.77. The summed E-state index contributed by atoms with van der Waals surface area (Å²) in [6.07, 6.45) is 1.85. The van der Waals surface area contributed by atoms with Gasteiger partial charge in [0.2, 0.25) is 0 Å². The van der Waals surface area contributed by atoms with Gasteiger partial charge in [0.25, 0.3) is 0 Å². The fourth-order valence-corrected chi connectivity index (χ4v) is 2.45. The third kappa shape index (κ3) is 3.50. The monoisotopic (exact) mass is 282 g/mol. The molecule has 2 aromatic rings. The zero-order valence-corrected chi connectivity index (χ0v) is 12.9. The second-order valence-electron chi connectivity index (χ2n) is 5.49. The molecule has 0 radical (unpaired) electrons. The minimum Gasteiger partial charge on any atom is -0.327 e. The lowest BCUT2D eigenvalue weighted by atomic mass is 10.0. The van der Waals surface area contributed by atoms with Gasteiger partial charge in [0.1, 0.15) is 0 Å². The van der Waals surface area contributed by atoms with Crippen molar-refractivity contribution in [2.24, 2.45) is 5.73 Å². The van der Waals surface area contributed by atoms with Crippen LogP contribution < -0.4 is 5.73 Å². The van der Waals surface area contributed by atoms with Crippen LogP contribution in [0, 0.1) is 25.2 Å². The molecule has 0 spiro atoms. The van der Waals surface area contributed by atoms with Crippen LogP contribution in [0.4, 0.5) is 0 Å². The van der Waals surface area contributed by atoms with Crippen molar-refractivity contribution in [1.82, 2.24) is 9.78 Å². The van der Waals surface area contributed by atoms with Crippen LogP contribution in [-0.2, 0) is 13.0 Å². The summed E-state index contributed by atoms with van der Waals surface area (Å²) in [5.41, 5.74) is 11.4. The lowest BCUT2D eigenvalue weighted by molar-refractivity contribution is 0.636. The van der Waals surface area contributed by atoms with E-state index in [0.717, 1.165) is 30.6 Å². The molecule has 0 amide bonds. The van der Waals surface area contributed by atoms with Crippen molar-refractivity contribution in [3.63, 3.8) is 0 Å². The predicted molar refractivity (Wildman–Crippen MR) is 83.9 cm³/mol. The van der Waals surface area contributed by atoms with E-state index >= 15 is 0 Å². The number of nitriles is 1. The molecule has 1 atom stereocenters. The van der Waals surface area contributed by atoms with Crippen molar-refractivity contribution < 1.29 is 0 Å². The molecule has 2 rings (SSSR count). The predicted octanol–water partition coefficient (Wildman–Crippen LogP) is 2.70. The summed E-state index contributed by atoms with van der Waals surface area (Å²) in [5, 5.41) is 13.5. The van der Waals surface area contributed by atoms with Crippen LogP contribution in [0.3, 0.4) is 0 Å². The smallest absolute Gasteiger partial charge is 0.0991 e. The largest absolute Gasteiger partial charge is 0.327 e. The summed E-state index contributed by atoms with van der Waals surface area (Å²) in [6, 6.07) is 9.97. The molecule has 1 aromatic heterocycles. The van der Waals surface area contributed by atoms with Crippen LogP contribution in [-0.4, -0.2) is 15.8 Å². The first-order valence-corrected chi connectivity index (χ1v) is 7.32. The van der Waals surface area contributed by atoms with Gasteiger partial charge in [-0.25, -0.2) is 0 Å². The Labute approximate surface area is 126 Å². The molecule has 0 aliphatic rings. The highest BCUT2D eigenvalue weighted by atomic mass is 15.3. The van der Waals surface area contributed by atoms with Gasteiger partial charge in [-0.2, -0.15) is 10.4 Å². The normalized spacial score (nSPS) is 12.1. The van der Waals surface area contributed by atoms with Gasteiger partial charge in [0.15, 0.2) is 0 Å². The SMILES string of the molecule is CCC(N)Cc1c(C)nn(Cc2ccc(C#N)cc2)c1C. The van der Waals surface area contributed by atoms with Gasteiger partial charge >= 0.3 is 0 Å². The molecule has 0 saturated heterocycles. The first-order valence-electron chi connectivity index (χ1n) is 7.32. The first kappa shape index (κ1) is 15.3. The van der Waals surface area contributed by atoms with E-state index in [0.29, 0.717) is 5.56 Å². The third-order valence-corrected chi connectivity index (χ3v) is 3.94. The Balaban J connectivity index is 2.20. The molecule has 0 bridgehead atoms. The standard InChI is InChI=1S/C17H22N4/c1-4-16(19)9-17-12(2)20-21(13(17)3)11-15-7-5-14(10-18)6-8-15/h5-8,16H,4,9,11,19H2,1-3H3. The van der Waals surface area contributed by atoms with Crippen molar-refractivity contribution in [3.8, 4) is 6.07 Å². The fourth-order valence-electron chi connectivity index (χ4n) is 2.45. The van der Waals surface area contributed by atoms with Crippen LogP contribution in [0.25, 0.3) is 0 Å². The van der Waals surface area contributed by atoms with Crippen LogP contribution in [0.5, 0.6) is 0 Å². The van der Waals surface area contributed by atoms with E-state index in [9.17, 15) is 0 Å². The first-order chi connectivity index (χ1) is 10.0. The van der Waals surface area contributed by atoms with E-state index in [1.807, 2.05) is 35.9 Å². The van der Waals surface area contributed by atoms with E-state index in [1.165, 1.54) is 11.3 Å². The molecule has 2 N–H and O–H groups in total. The number of aromatic nitrogens is 2. The van der Waals surface area contributed by atoms with Gasteiger partial charge in [0.05, 0.1) is 23.9 Å². The molecule has 0 fully saturated rings. The van der Waals surface area contributed by atoms with Crippen molar-refractivity contribution in [2.75, 3.05) is 0 Å². The zero-order valence-electron chi connectivity index (χ0n) is 12.9. The topological polar surface area (TPSA) is 67.6 Å². The second-order valence-corrected chi connectivity index (χ2v) is 5.49. The maximum Gasteiger partial charge on any atom is 0.0991 e. The van der Waals surface area contributed by atoms with Crippen LogP contribution in [0.15, 0.2) is 24.3 Å². The van der Waals surface area contributed by atoms with E-state index in [4.69, 9.17) is 11.0 Å². The molecule has 0 aliphatic carbocycles. The molecule has 1 aromatic carbocycles. The van der Waals surface area contributed by atoms with E-state index < -0.39 is 0 Å². The summed E-state index contributed by atoms with van der Waals surface area (Å²) < 4.78 is 2.02.